The van der Waals surface area contributed by atoms with Crippen molar-refractivity contribution in [2.45, 2.75) is 13.2 Å². The molecule has 0 aliphatic heterocycles. The number of hydrogen-bond acceptors (Lipinski definition) is 2. The lowest BCUT2D eigenvalue weighted by Crippen LogP contribution is -2.05. The standard InChI is InChI=1S/C14H12BrClFNO/c15-13-6-11(16)2-4-14(13)19-8-10-5-12(17)3-1-9(10)7-18/h1-6H,7-8,18H2. The number of ether oxygens (including phenoxy) is 1. The fraction of sp³-hybridized carbons (Fsp3) is 0.143. The lowest BCUT2D eigenvalue weighted by Gasteiger charge is -2.11. The zero-order valence-corrected chi connectivity index (χ0v) is 12.3. The molecule has 0 heterocycles. The lowest BCUT2D eigenvalue weighted by atomic mass is 10.1. The highest BCUT2D eigenvalue weighted by Crippen LogP contribution is 2.28. The van der Waals surface area contributed by atoms with Crippen molar-refractivity contribution in [1.82, 2.24) is 0 Å². The van der Waals surface area contributed by atoms with Gasteiger partial charge in [0, 0.05) is 11.6 Å². The largest absolute Gasteiger partial charge is 0.488 e. The van der Waals surface area contributed by atoms with Gasteiger partial charge < -0.3 is 10.5 Å². The number of halogens is 3. The molecule has 0 spiro atoms. The fourth-order valence-electron chi connectivity index (χ4n) is 1.68. The summed E-state index contributed by atoms with van der Waals surface area (Å²) in [5, 5.41) is 0.618. The van der Waals surface area contributed by atoms with Gasteiger partial charge in [0.1, 0.15) is 18.2 Å². The van der Waals surface area contributed by atoms with Gasteiger partial charge in [-0.1, -0.05) is 17.7 Å². The van der Waals surface area contributed by atoms with Crippen LogP contribution in [-0.2, 0) is 13.2 Å². The van der Waals surface area contributed by atoms with Gasteiger partial charge in [0.25, 0.3) is 0 Å². The highest BCUT2D eigenvalue weighted by molar-refractivity contribution is 9.10. The van der Waals surface area contributed by atoms with Crippen molar-refractivity contribution < 1.29 is 9.13 Å². The van der Waals surface area contributed by atoms with Gasteiger partial charge in [0.15, 0.2) is 0 Å². The monoisotopic (exact) mass is 343 g/mol. The normalized spacial score (nSPS) is 10.5. The molecule has 0 aliphatic rings. The molecule has 19 heavy (non-hydrogen) atoms. The third kappa shape index (κ3) is 3.69. The number of nitrogens with two attached hydrogens (primary N) is 1. The van der Waals surface area contributed by atoms with Crippen LogP contribution in [0.4, 0.5) is 4.39 Å². The maximum atomic E-state index is 13.2. The average Bonchev–Trinajstić information content (AvgIpc) is 2.38. The van der Waals surface area contributed by atoms with Gasteiger partial charge in [0.05, 0.1) is 4.47 Å². The van der Waals surface area contributed by atoms with E-state index in [-0.39, 0.29) is 12.4 Å². The first-order valence-corrected chi connectivity index (χ1v) is 6.82. The number of benzene rings is 2. The Morgan fingerprint density at radius 3 is 2.63 bits per heavy atom. The van der Waals surface area contributed by atoms with E-state index in [2.05, 4.69) is 15.9 Å². The van der Waals surface area contributed by atoms with Crippen LogP contribution in [0.1, 0.15) is 11.1 Å². The molecule has 2 aromatic carbocycles. The minimum atomic E-state index is -0.300. The van der Waals surface area contributed by atoms with Crippen LogP contribution in [0, 0.1) is 5.82 Å². The van der Waals surface area contributed by atoms with Crippen LogP contribution in [0.2, 0.25) is 5.02 Å². The quantitative estimate of drug-likeness (QED) is 0.898. The van der Waals surface area contributed by atoms with Crippen molar-refractivity contribution in [2.75, 3.05) is 0 Å². The molecule has 2 rings (SSSR count). The molecule has 0 fully saturated rings. The molecule has 5 heteroatoms. The Hall–Kier alpha value is -1.10. The Kier molecular flexibility index (Phi) is 4.80. The summed E-state index contributed by atoms with van der Waals surface area (Å²) < 4.78 is 19.6. The Labute approximate surface area is 124 Å². The second-order valence-corrected chi connectivity index (χ2v) is 5.27. The van der Waals surface area contributed by atoms with Crippen molar-refractivity contribution in [3.05, 3.63) is 62.8 Å². The van der Waals surface area contributed by atoms with E-state index in [4.69, 9.17) is 22.1 Å². The van der Waals surface area contributed by atoms with Crippen LogP contribution in [0.15, 0.2) is 40.9 Å². The highest BCUT2D eigenvalue weighted by atomic mass is 79.9. The molecule has 2 nitrogen and oxygen atoms in total. The minimum Gasteiger partial charge on any atom is -0.488 e. The topological polar surface area (TPSA) is 35.2 Å². The van der Waals surface area contributed by atoms with Crippen molar-refractivity contribution >= 4 is 27.5 Å². The molecule has 0 saturated heterocycles. The van der Waals surface area contributed by atoms with Gasteiger partial charge in [-0.05, 0) is 57.4 Å². The Morgan fingerprint density at radius 1 is 1.16 bits per heavy atom. The van der Waals surface area contributed by atoms with Crippen LogP contribution in [0.5, 0.6) is 5.75 Å². The molecule has 100 valence electrons. The molecule has 0 saturated carbocycles. The van der Waals surface area contributed by atoms with Gasteiger partial charge >= 0.3 is 0 Å². The molecular weight excluding hydrogens is 333 g/mol. The third-order valence-electron chi connectivity index (χ3n) is 2.67. The summed E-state index contributed by atoms with van der Waals surface area (Å²) in [5.74, 6) is 0.350. The van der Waals surface area contributed by atoms with E-state index in [1.807, 2.05) is 0 Å². The fourth-order valence-corrected chi connectivity index (χ4v) is 2.47. The minimum absolute atomic E-state index is 0.254. The van der Waals surface area contributed by atoms with Gasteiger partial charge in [-0.2, -0.15) is 0 Å². The van der Waals surface area contributed by atoms with Crippen LogP contribution >= 0.6 is 27.5 Å². The highest BCUT2D eigenvalue weighted by Gasteiger charge is 2.06. The van der Waals surface area contributed by atoms with Gasteiger partial charge in [-0.3, -0.25) is 0 Å². The zero-order chi connectivity index (χ0) is 13.8. The maximum absolute atomic E-state index is 13.2. The molecular formula is C14H12BrClFNO. The Morgan fingerprint density at radius 2 is 1.95 bits per heavy atom. The first kappa shape index (κ1) is 14.3. The van der Waals surface area contributed by atoms with E-state index in [1.165, 1.54) is 12.1 Å². The molecule has 0 amide bonds. The van der Waals surface area contributed by atoms with Crippen LogP contribution < -0.4 is 10.5 Å². The van der Waals surface area contributed by atoms with Crippen LogP contribution in [-0.4, -0.2) is 0 Å². The van der Waals surface area contributed by atoms with E-state index in [9.17, 15) is 4.39 Å². The molecule has 0 radical (unpaired) electrons. The SMILES string of the molecule is NCc1ccc(F)cc1COc1ccc(Cl)cc1Br. The van der Waals surface area contributed by atoms with Gasteiger partial charge in [-0.25, -0.2) is 4.39 Å². The molecule has 0 atom stereocenters. The zero-order valence-electron chi connectivity index (χ0n) is 10.00. The first-order chi connectivity index (χ1) is 9.10. The second-order valence-electron chi connectivity index (χ2n) is 3.98. The predicted octanol–water partition coefficient (Wildman–Crippen LogP) is 4.28. The van der Waals surface area contributed by atoms with Crippen LogP contribution in [0.3, 0.4) is 0 Å². The molecule has 0 bridgehead atoms. The predicted molar refractivity (Wildman–Crippen MR) is 77.8 cm³/mol. The van der Waals surface area contributed by atoms with E-state index >= 15 is 0 Å². The van der Waals surface area contributed by atoms with Crippen molar-refractivity contribution in [3.8, 4) is 5.75 Å². The van der Waals surface area contributed by atoms with Crippen molar-refractivity contribution in [3.63, 3.8) is 0 Å². The summed E-state index contributed by atoms with van der Waals surface area (Å²) >= 11 is 9.21. The molecule has 0 aromatic heterocycles. The smallest absolute Gasteiger partial charge is 0.134 e. The van der Waals surface area contributed by atoms with E-state index < -0.39 is 0 Å². The maximum Gasteiger partial charge on any atom is 0.134 e. The van der Waals surface area contributed by atoms with Crippen molar-refractivity contribution in [1.29, 1.82) is 0 Å². The van der Waals surface area contributed by atoms with Crippen molar-refractivity contribution in [2.24, 2.45) is 5.73 Å². The molecule has 0 unspecified atom stereocenters. The van der Waals surface area contributed by atoms with Gasteiger partial charge in [-0.15, -0.1) is 0 Å². The van der Waals surface area contributed by atoms with Gasteiger partial charge in [0.2, 0.25) is 0 Å². The summed E-state index contributed by atoms with van der Waals surface area (Å²) in [6.45, 7) is 0.602. The van der Waals surface area contributed by atoms with Crippen LogP contribution in [0.25, 0.3) is 0 Å². The summed E-state index contributed by atoms with van der Waals surface area (Å²) in [7, 11) is 0. The number of hydrogen-bond donors (Lipinski definition) is 1. The second kappa shape index (κ2) is 6.37. The summed E-state index contributed by atoms with van der Waals surface area (Å²) in [4.78, 5) is 0. The van der Waals surface area contributed by atoms with E-state index in [0.29, 0.717) is 17.3 Å². The number of rotatable bonds is 4. The Bertz CT molecular complexity index is 592. The summed E-state index contributed by atoms with van der Waals surface area (Å²) in [6, 6.07) is 9.73. The molecule has 2 aromatic rings. The first-order valence-electron chi connectivity index (χ1n) is 5.65. The third-order valence-corrected chi connectivity index (χ3v) is 3.52. The Balaban J connectivity index is 2.16. The lowest BCUT2D eigenvalue weighted by molar-refractivity contribution is 0.302. The van der Waals surface area contributed by atoms with E-state index in [1.54, 1.807) is 24.3 Å². The summed E-state index contributed by atoms with van der Waals surface area (Å²) in [6.07, 6.45) is 0. The average molecular weight is 345 g/mol. The molecule has 0 aliphatic carbocycles. The molecule has 2 N–H and O–H groups in total. The summed E-state index contributed by atoms with van der Waals surface area (Å²) in [5.41, 5.74) is 7.22. The van der Waals surface area contributed by atoms with E-state index in [0.717, 1.165) is 15.6 Å².